The molecule has 0 aliphatic carbocycles. The van der Waals surface area contributed by atoms with Crippen LogP contribution in [0.4, 0.5) is 5.69 Å². The standard InChI is InChI=1S/C15H11Cl2N/c1-2-11-5-3-7-13(9-11)18-10-12-6-4-8-14(16)15(12)17/h1,3-9,18H,10H2. The van der Waals surface area contributed by atoms with Gasteiger partial charge in [0.05, 0.1) is 10.0 Å². The van der Waals surface area contributed by atoms with E-state index in [1.165, 1.54) is 0 Å². The molecule has 3 heteroatoms. The molecule has 18 heavy (non-hydrogen) atoms. The van der Waals surface area contributed by atoms with E-state index in [1.54, 1.807) is 6.07 Å². The molecule has 0 radical (unpaired) electrons. The van der Waals surface area contributed by atoms with Crippen molar-refractivity contribution in [2.24, 2.45) is 0 Å². The topological polar surface area (TPSA) is 12.0 Å². The molecule has 0 aliphatic heterocycles. The van der Waals surface area contributed by atoms with Crippen molar-refractivity contribution in [3.63, 3.8) is 0 Å². The van der Waals surface area contributed by atoms with Gasteiger partial charge in [-0.05, 0) is 29.8 Å². The summed E-state index contributed by atoms with van der Waals surface area (Å²) in [6.07, 6.45) is 5.35. The number of nitrogens with one attached hydrogen (secondary N) is 1. The van der Waals surface area contributed by atoms with Gasteiger partial charge in [0.15, 0.2) is 0 Å². The summed E-state index contributed by atoms with van der Waals surface area (Å²) in [6, 6.07) is 13.3. The first-order valence-corrected chi connectivity index (χ1v) is 6.20. The quantitative estimate of drug-likeness (QED) is 0.809. The average Bonchev–Trinajstić information content (AvgIpc) is 2.41. The van der Waals surface area contributed by atoms with Crippen LogP contribution in [0.5, 0.6) is 0 Å². The summed E-state index contributed by atoms with van der Waals surface area (Å²) < 4.78 is 0. The Morgan fingerprint density at radius 1 is 1.11 bits per heavy atom. The predicted molar refractivity (Wildman–Crippen MR) is 78.2 cm³/mol. The minimum absolute atomic E-state index is 0.563. The fraction of sp³-hybridized carbons (Fsp3) is 0.0667. The molecule has 2 aromatic carbocycles. The Morgan fingerprint density at radius 3 is 2.67 bits per heavy atom. The van der Waals surface area contributed by atoms with Gasteiger partial charge in [-0.3, -0.25) is 0 Å². The molecule has 0 saturated carbocycles. The SMILES string of the molecule is C#Cc1cccc(NCc2cccc(Cl)c2Cl)c1. The van der Waals surface area contributed by atoms with Gasteiger partial charge in [0.1, 0.15) is 0 Å². The van der Waals surface area contributed by atoms with Crippen LogP contribution < -0.4 is 5.32 Å². The fourth-order valence-electron chi connectivity index (χ4n) is 1.60. The number of hydrogen-bond donors (Lipinski definition) is 1. The Labute approximate surface area is 117 Å². The first kappa shape index (κ1) is 12.8. The summed E-state index contributed by atoms with van der Waals surface area (Å²) in [5.41, 5.74) is 2.76. The normalized spacial score (nSPS) is 9.83. The van der Waals surface area contributed by atoms with Gasteiger partial charge in [-0.15, -0.1) is 6.42 Å². The van der Waals surface area contributed by atoms with Crippen molar-refractivity contribution in [3.8, 4) is 12.3 Å². The van der Waals surface area contributed by atoms with Crippen LogP contribution in [0.3, 0.4) is 0 Å². The number of rotatable bonds is 3. The lowest BCUT2D eigenvalue weighted by atomic mass is 10.2. The third-order valence-electron chi connectivity index (χ3n) is 2.54. The van der Waals surface area contributed by atoms with E-state index in [4.69, 9.17) is 29.6 Å². The first-order chi connectivity index (χ1) is 8.70. The summed E-state index contributed by atoms with van der Waals surface area (Å²) in [4.78, 5) is 0. The second-order valence-corrected chi connectivity index (χ2v) is 4.58. The van der Waals surface area contributed by atoms with Gasteiger partial charge in [0.25, 0.3) is 0 Å². The summed E-state index contributed by atoms with van der Waals surface area (Å²) >= 11 is 12.1. The Bertz CT molecular complexity index is 600. The summed E-state index contributed by atoms with van der Waals surface area (Å²) in [6.45, 7) is 0.605. The molecule has 0 fully saturated rings. The number of hydrogen-bond acceptors (Lipinski definition) is 1. The van der Waals surface area contributed by atoms with Crippen LogP contribution in [-0.4, -0.2) is 0 Å². The van der Waals surface area contributed by atoms with E-state index in [0.717, 1.165) is 16.8 Å². The van der Waals surface area contributed by atoms with Crippen molar-refractivity contribution < 1.29 is 0 Å². The Balaban J connectivity index is 2.12. The minimum atomic E-state index is 0.563. The van der Waals surface area contributed by atoms with Crippen LogP contribution in [0.1, 0.15) is 11.1 Å². The number of anilines is 1. The Hall–Kier alpha value is -1.62. The smallest absolute Gasteiger partial charge is 0.0642 e. The fourth-order valence-corrected chi connectivity index (χ4v) is 1.99. The van der Waals surface area contributed by atoms with Crippen LogP contribution in [0, 0.1) is 12.3 Å². The molecule has 0 aliphatic rings. The van der Waals surface area contributed by atoms with Crippen LogP contribution in [0.15, 0.2) is 42.5 Å². The molecule has 0 heterocycles. The second-order valence-electron chi connectivity index (χ2n) is 3.79. The maximum Gasteiger partial charge on any atom is 0.0642 e. The molecule has 0 spiro atoms. The monoisotopic (exact) mass is 275 g/mol. The van der Waals surface area contributed by atoms with Crippen LogP contribution in [-0.2, 0) is 6.54 Å². The zero-order valence-electron chi connectivity index (χ0n) is 9.58. The van der Waals surface area contributed by atoms with Gasteiger partial charge >= 0.3 is 0 Å². The van der Waals surface area contributed by atoms with E-state index in [2.05, 4.69) is 11.2 Å². The summed E-state index contributed by atoms with van der Waals surface area (Å²) in [5.74, 6) is 2.60. The third kappa shape index (κ3) is 2.98. The zero-order chi connectivity index (χ0) is 13.0. The highest BCUT2D eigenvalue weighted by Crippen LogP contribution is 2.26. The molecular formula is C15H11Cl2N. The molecule has 0 atom stereocenters. The Kier molecular flexibility index (Phi) is 4.15. The molecule has 1 nitrogen and oxygen atoms in total. The lowest BCUT2D eigenvalue weighted by Crippen LogP contribution is -2.00. The average molecular weight is 276 g/mol. The number of terminal acetylenes is 1. The van der Waals surface area contributed by atoms with Crippen molar-refractivity contribution >= 4 is 28.9 Å². The van der Waals surface area contributed by atoms with E-state index < -0.39 is 0 Å². The van der Waals surface area contributed by atoms with Gasteiger partial charge in [-0.2, -0.15) is 0 Å². The van der Waals surface area contributed by atoms with Crippen LogP contribution in [0.25, 0.3) is 0 Å². The predicted octanol–water partition coefficient (Wildman–Crippen LogP) is 4.59. The lowest BCUT2D eigenvalue weighted by molar-refractivity contribution is 1.15. The van der Waals surface area contributed by atoms with Gasteiger partial charge in [0, 0.05) is 17.8 Å². The van der Waals surface area contributed by atoms with Crippen LogP contribution in [0.2, 0.25) is 10.0 Å². The molecule has 0 unspecified atom stereocenters. The van der Waals surface area contributed by atoms with Gasteiger partial charge < -0.3 is 5.32 Å². The second kappa shape index (κ2) is 5.82. The maximum absolute atomic E-state index is 6.11. The molecular weight excluding hydrogens is 265 g/mol. The molecule has 2 aromatic rings. The van der Waals surface area contributed by atoms with E-state index in [1.807, 2.05) is 36.4 Å². The highest BCUT2D eigenvalue weighted by molar-refractivity contribution is 6.42. The highest BCUT2D eigenvalue weighted by atomic mass is 35.5. The van der Waals surface area contributed by atoms with Crippen molar-refractivity contribution in [2.75, 3.05) is 5.32 Å². The molecule has 0 amide bonds. The highest BCUT2D eigenvalue weighted by Gasteiger charge is 2.03. The maximum atomic E-state index is 6.11. The first-order valence-electron chi connectivity index (χ1n) is 5.44. The van der Waals surface area contributed by atoms with E-state index in [9.17, 15) is 0 Å². The molecule has 1 N–H and O–H groups in total. The molecule has 0 aromatic heterocycles. The summed E-state index contributed by atoms with van der Waals surface area (Å²) in [7, 11) is 0. The third-order valence-corrected chi connectivity index (χ3v) is 3.40. The van der Waals surface area contributed by atoms with E-state index in [0.29, 0.717) is 16.6 Å². The molecule has 90 valence electrons. The molecule has 0 saturated heterocycles. The molecule has 0 bridgehead atoms. The van der Waals surface area contributed by atoms with Gasteiger partial charge in [-0.25, -0.2) is 0 Å². The van der Waals surface area contributed by atoms with Crippen molar-refractivity contribution in [1.82, 2.24) is 0 Å². The van der Waals surface area contributed by atoms with E-state index >= 15 is 0 Å². The van der Waals surface area contributed by atoms with E-state index in [-0.39, 0.29) is 0 Å². The minimum Gasteiger partial charge on any atom is -0.381 e. The largest absolute Gasteiger partial charge is 0.381 e. The summed E-state index contributed by atoms with van der Waals surface area (Å²) in [5, 5.41) is 4.41. The zero-order valence-corrected chi connectivity index (χ0v) is 11.1. The molecule has 2 rings (SSSR count). The van der Waals surface area contributed by atoms with Crippen molar-refractivity contribution in [1.29, 1.82) is 0 Å². The number of benzene rings is 2. The lowest BCUT2D eigenvalue weighted by Gasteiger charge is -2.09. The Morgan fingerprint density at radius 2 is 1.89 bits per heavy atom. The number of halogens is 2. The van der Waals surface area contributed by atoms with Crippen molar-refractivity contribution in [3.05, 3.63) is 63.6 Å². The van der Waals surface area contributed by atoms with Gasteiger partial charge in [0.2, 0.25) is 0 Å². The van der Waals surface area contributed by atoms with Crippen molar-refractivity contribution in [2.45, 2.75) is 6.54 Å². The van der Waals surface area contributed by atoms with Crippen LogP contribution >= 0.6 is 23.2 Å². The van der Waals surface area contributed by atoms with Gasteiger partial charge in [-0.1, -0.05) is 47.3 Å².